The molecule has 0 aromatic carbocycles. The molecular formula is C6H7O. The summed E-state index contributed by atoms with van der Waals surface area (Å²) in [6.45, 7) is 2.01. The van der Waals surface area contributed by atoms with Crippen LogP contribution in [0.5, 0.6) is 0 Å². The highest BCUT2D eigenvalue weighted by Gasteiger charge is 2.18. The smallest absolute Gasteiger partial charge is 0.206 e. The lowest BCUT2D eigenvalue weighted by molar-refractivity contribution is 0.494. The van der Waals surface area contributed by atoms with Crippen LogP contribution in [0.25, 0.3) is 0 Å². The van der Waals surface area contributed by atoms with Crippen molar-refractivity contribution in [3.63, 3.8) is 0 Å². The Kier molecular flexibility index (Phi) is 0.970. The lowest BCUT2D eigenvalue weighted by atomic mass is 9.85. The molecule has 1 aliphatic rings. The molecule has 0 aliphatic heterocycles. The second-order valence-electron chi connectivity index (χ2n) is 1.89. The number of allylic oxidation sites excluding steroid dienone is 2. The first-order valence-electron chi connectivity index (χ1n) is 2.40. The zero-order chi connectivity index (χ0) is 5.28. The molecule has 0 aromatic rings. The van der Waals surface area contributed by atoms with E-state index in [4.69, 9.17) is 0 Å². The predicted molar refractivity (Wildman–Crippen MR) is 27.5 cm³/mol. The highest BCUT2D eigenvalue weighted by molar-refractivity contribution is 5.60. The largest absolute Gasteiger partial charge is 0.290 e. The quantitative estimate of drug-likeness (QED) is 0.442. The Morgan fingerprint density at radius 1 is 1.57 bits per heavy atom. The Morgan fingerprint density at radius 2 is 2.29 bits per heavy atom. The molecular weight excluding hydrogens is 88.1 g/mol. The summed E-state index contributed by atoms with van der Waals surface area (Å²) in [7, 11) is 0. The Morgan fingerprint density at radius 3 is 2.29 bits per heavy atom. The molecule has 0 aromatic heterocycles. The third-order valence-corrected chi connectivity index (χ3v) is 1.32. The maximum absolute atomic E-state index is 9.82. The van der Waals surface area contributed by atoms with Crippen LogP contribution in [0.1, 0.15) is 6.92 Å². The maximum Gasteiger partial charge on any atom is 0.206 e. The van der Waals surface area contributed by atoms with E-state index in [1.54, 1.807) is 0 Å². The Balaban J connectivity index is 2.48. The van der Waals surface area contributed by atoms with E-state index in [0.717, 1.165) is 0 Å². The first-order chi connectivity index (χ1) is 3.34. The molecule has 7 heavy (non-hydrogen) atoms. The minimum Gasteiger partial charge on any atom is -0.290 e. The zero-order valence-corrected chi connectivity index (χ0v) is 4.22. The van der Waals surface area contributed by atoms with Crippen LogP contribution in [0.4, 0.5) is 0 Å². The molecule has 0 saturated heterocycles. The van der Waals surface area contributed by atoms with Crippen LogP contribution in [-0.4, -0.2) is 6.29 Å². The number of hydrogen-bond donors (Lipinski definition) is 0. The summed E-state index contributed by atoms with van der Waals surface area (Å²) >= 11 is 0. The van der Waals surface area contributed by atoms with Crippen LogP contribution < -0.4 is 0 Å². The fourth-order valence-corrected chi connectivity index (χ4v) is 0.591. The zero-order valence-electron chi connectivity index (χ0n) is 4.22. The molecule has 0 spiro atoms. The van der Waals surface area contributed by atoms with Gasteiger partial charge in [-0.05, 0) is 5.92 Å². The van der Waals surface area contributed by atoms with Gasteiger partial charge in [0.15, 0.2) is 0 Å². The summed E-state index contributed by atoms with van der Waals surface area (Å²) in [6.07, 6.45) is 5.80. The van der Waals surface area contributed by atoms with Crippen molar-refractivity contribution in [1.82, 2.24) is 0 Å². The van der Waals surface area contributed by atoms with E-state index in [-0.39, 0.29) is 5.92 Å². The topological polar surface area (TPSA) is 17.1 Å². The van der Waals surface area contributed by atoms with E-state index in [1.807, 2.05) is 25.4 Å². The number of hydrogen-bond acceptors (Lipinski definition) is 1. The van der Waals surface area contributed by atoms with Crippen LogP contribution in [-0.2, 0) is 4.79 Å². The SMILES string of the molecule is CC1C=CC1[C]=O. The highest BCUT2D eigenvalue weighted by atomic mass is 16.1. The van der Waals surface area contributed by atoms with E-state index in [9.17, 15) is 4.79 Å². The Labute approximate surface area is 43.0 Å². The molecule has 37 valence electrons. The van der Waals surface area contributed by atoms with Gasteiger partial charge in [0, 0.05) is 5.92 Å². The van der Waals surface area contributed by atoms with E-state index >= 15 is 0 Å². The molecule has 1 aliphatic carbocycles. The van der Waals surface area contributed by atoms with Crippen molar-refractivity contribution in [1.29, 1.82) is 0 Å². The van der Waals surface area contributed by atoms with Crippen molar-refractivity contribution in [3.8, 4) is 0 Å². The highest BCUT2D eigenvalue weighted by Crippen LogP contribution is 2.21. The molecule has 0 saturated carbocycles. The van der Waals surface area contributed by atoms with Gasteiger partial charge in [-0.1, -0.05) is 19.1 Å². The van der Waals surface area contributed by atoms with Gasteiger partial charge in [-0.3, -0.25) is 4.79 Å². The summed E-state index contributed by atoms with van der Waals surface area (Å²) in [5.74, 6) is 0.539. The second-order valence-corrected chi connectivity index (χ2v) is 1.89. The molecule has 2 unspecified atom stereocenters. The van der Waals surface area contributed by atoms with Gasteiger partial charge in [-0.25, -0.2) is 0 Å². The van der Waals surface area contributed by atoms with Crippen LogP contribution in [0, 0.1) is 11.8 Å². The van der Waals surface area contributed by atoms with Gasteiger partial charge >= 0.3 is 0 Å². The fourth-order valence-electron chi connectivity index (χ4n) is 0.591. The van der Waals surface area contributed by atoms with Gasteiger partial charge in [0.25, 0.3) is 0 Å². The molecule has 1 heteroatoms. The predicted octanol–water partition coefficient (Wildman–Crippen LogP) is 0.918. The lowest BCUT2D eigenvalue weighted by Gasteiger charge is -2.17. The summed E-state index contributed by atoms with van der Waals surface area (Å²) < 4.78 is 0. The maximum atomic E-state index is 9.82. The molecule has 0 N–H and O–H groups in total. The first-order valence-corrected chi connectivity index (χ1v) is 2.40. The summed E-state index contributed by atoms with van der Waals surface area (Å²) in [5, 5.41) is 0. The van der Waals surface area contributed by atoms with Crippen molar-refractivity contribution in [2.45, 2.75) is 6.92 Å². The molecule has 2 atom stereocenters. The van der Waals surface area contributed by atoms with Crippen molar-refractivity contribution in [3.05, 3.63) is 12.2 Å². The van der Waals surface area contributed by atoms with E-state index in [2.05, 4.69) is 0 Å². The van der Waals surface area contributed by atoms with Crippen LogP contribution in [0.2, 0.25) is 0 Å². The molecule has 0 amide bonds. The molecule has 1 radical (unpaired) electrons. The van der Waals surface area contributed by atoms with Crippen LogP contribution >= 0.6 is 0 Å². The average Bonchev–Trinajstić information content (AvgIpc) is 1.65. The third kappa shape index (κ3) is 0.581. The lowest BCUT2D eigenvalue weighted by Crippen LogP contribution is -2.15. The van der Waals surface area contributed by atoms with Gasteiger partial charge in [0.1, 0.15) is 0 Å². The standard InChI is InChI=1S/C6H7O/c1-5-2-3-6(5)4-7/h2-3,5-6H,1H3. The van der Waals surface area contributed by atoms with Crippen molar-refractivity contribution in [2.75, 3.05) is 0 Å². The molecule has 1 rings (SSSR count). The second kappa shape index (κ2) is 1.49. The van der Waals surface area contributed by atoms with Crippen molar-refractivity contribution >= 4 is 6.29 Å². The van der Waals surface area contributed by atoms with Crippen molar-refractivity contribution in [2.24, 2.45) is 11.8 Å². The van der Waals surface area contributed by atoms with Gasteiger partial charge < -0.3 is 0 Å². The molecule has 0 fully saturated rings. The molecule has 0 bridgehead atoms. The van der Waals surface area contributed by atoms with Gasteiger partial charge in [-0.15, -0.1) is 0 Å². The monoisotopic (exact) mass is 95.0 g/mol. The van der Waals surface area contributed by atoms with E-state index in [0.29, 0.717) is 5.92 Å². The number of carbonyl (C=O) groups excluding carboxylic acids is 1. The van der Waals surface area contributed by atoms with Gasteiger partial charge in [0.2, 0.25) is 6.29 Å². The molecule has 1 nitrogen and oxygen atoms in total. The summed E-state index contributed by atoms with van der Waals surface area (Å²) in [4.78, 5) is 9.82. The summed E-state index contributed by atoms with van der Waals surface area (Å²) in [5.41, 5.74) is 0. The van der Waals surface area contributed by atoms with E-state index in [1.165, 1.54) is 0 Å². The Bertz CT molecular complexity index is 105. The van der Waals surface area contributed by atoms with Crippen molar-refractivity contribution < 1.29 is 4.79 Å². The minimum atomic E-state index is 0.0972. The Hall–Kier alpha value is -0.590. The summed E-state index contributed by atoms with van der Waals surface area (Å²) in [6, 6.07) is 0. The normalized spacial score (nSPS) is 37.3. The van der Waals surface area contributed by atoms with Crippen LogP contribution in [0.15, 0.2) is 12.2 Å². The van der Waals surface area contributed by atoms with Gasteiger partial charge in [-0.2, -0.15) is 0 Å². The van der Waals surface area contributed by atoms with Crippen LogP contribution in [0.3, 0.4) is 0 Å². The first kappa shape index (κ1) is 4.57. The fraction of sp³-hybridized carbons (Fsp3) is 0.500. The molecule has 0 heterocycles. The average molecular weight is 95.1 g/mol. The van der Waals surface area contributed by atoms with Gasteiger partial charge in [0.05, 0.1) is 0 Å². The minimum absolute atomic E-state index is 0.0972. The third-order valence-electron chi connectivity index (χ3n) is 1.32. The van der Waals surface area contributed by atoms with E-state index < -0.39 is 0 Å². The number of rotatable bonds is 1.